The normalized spacial score (nSPS) is 16.2. The molecule has 0 fully saturated rings. The molecule has 17 heavy (non-hydrogen) atoms. The molecule has 1 heterocycles. The number of hydrogen-bond acceptors (Lipinski definition) is 3. The topological polar surface area (TPSA) is 46.2 Å². The van der Waals surface area contributed by atoms with Crippen molar-refractivity contribution >= 4 is 11.3 Å². The molecular weight excluding hydrogens is 251 g/mol. The zero-order valence-electron chi connectivity index (χ0n) is 9.66. The summed E-state index contributed by atoms with van der Waals surface area (Å²) in [4.78, 5) is 0. The molecule has 2 unspecified atom stereocenters. The van der Waals surface area contributed by atoms with Crippen LogP contribution >= 0.6 is 11.3 Å². The zero-order valence-corrected chi connectivity index (χ0v) is 10.5. The van der Waals surface area contributed by atoms with Gasteiger partial charge in [-0.2, -0.15) is 24.5 Å². The second-order valence-corrected chi connectivity index (χ2v) is 5.07. The van der Waals surface area contributed by atoms with Crippen molar-refractivity contribution in [3.63, 3.8) is 0 Å². The number of halogens is 3. The molecule has 0 aliphatic carbocycles. The average molecular weight is 267 g/mol. The summed E-state index contributed by atoms with van der Waals surface area (Å²) in [6, 6.07) is 0. The average Bonchev–Trinajstić information content (AvgIpc) is 2.65. The van der Waals surface area contributed by atoms with Crippen molar-refractivity contribution in [3.8, 4) is 0 Å². The van der Waals surface area contributed by atoms with Gasteiger partial charge in [-0.1, -0.05) is 13.8 Å². The SMILES string of the molecule is CC(C)C(CN)C(O)c1cscc1C(F)(F)F. The molecule has 0 saturated carbocycles. The minimum atomic E-state index is -4.42. The highest BCUT2D eigenvalue weighted by atomic mass is 32.1. The molecule has 2 atom stereocenters. The highest BCUT2D eigenvalue weighted by molar-refractivity contribution is 7.08. The summed E-state index contributed by atoms with van der Waals surface area (Å²) in [5, 5.41) is 12.4. The summed E-state index contributed by atoms with van der Waals surface area (Å²) >= 11 is 0.940. The van der Waals surface area contributed by atoms with Crippen LogP contribution in [-0.2, 0) is 6.18 Å². The quantitative estimate of drug-likeness (QED) is 0.880. The smallest absolute Gasteiger partial charge is 0.388 e. The van der Waals surface area contributed by atoms with Gasteiger partial charge in [-0.3, -0.25) is 0 Å². The summed E-state index contributed by atoms with van der Waals surface area (Å²) < 4.78 is 38.0. The first kappa shape index (κ1) is 14.5. The van der Waals surface area contributed by atoms with Crippen molar-refractivity contribution in [2.45, 2.75) is 26.1 Å². The first-order valence-electron chi connectivity index (χ1n) is 5.30. The fourth-order valence-electron chi connectivity index (χ4n) is 1.76. The van der Waals surface area contributed by atoms with Crippen molar-refractivity contribution < 1.29 is 18.3 Å². The second-order valence-electron chi connectivity index (χ2n) is 4.33. The molecule has 1 aromatic heterocycles. The number of nitrogens with two attached hydrogens (primary N) is 1. The Kier molecular flexibility index (Phi) is 4.57. The van der Waals surface area contributed by atoms with E-state index < -0.39 is 17.8 Å². The molecule has 1 aromatic rings. The molecule has 0 aliphatic rings. The largest absolute Gasteiger partial charge is 0.417 e. The van der Waals surface area contributed by atoms with E-state index in [1.807, 2.05) is 13.8 Å². The maximum absolute atomic E-state index is 12.7. The van der Waals surface area contributed by atoms with Crippen LogP contribution < -0.4 is 5.73 Å². The van der Waals surface area contributed by atoms with E-state index in [9.17, 15) is 18.3 Å². The van der Waals surface area contributed by atoms with Gasteiger partial charge in [0, 0.05) is 16.9 Å². The van der Waals surface area contributed by atoms with E-state index in [4.69, 9.17) is 5.73 Å². The maximum atomic E-state index is 12.7. The van der Waals surface area contributed by atoms with Crippen LogP contribution in [0.25, 0.3) is 0 Å². The first-order valence-corrected chi connectivity index (χ1v) is 6.24. The highest BCUT2D eigenvalue weighted by Crippen LogP contribution is 2.39. The number of aliphatic hydroxyl groups excluding tert-OH is 1. The third kappa shape index (κ3) is 3.20. The number of hydrogen-bond donors (Lipinski definition) is 2. The van der Waals surface area contributed by atoms with Crippen LogP contribution in [0.15, 0.2) is 10.8 Å². The lowest BCUT2D eigenvalue weighted by molar-refractivity contribution is -0.139. The Hall–Kier alpha value is -0.590. The van der Waals surface area contributed by atoms with Gasteiger partial charge >= 0.3 is 6.18 Å². The number of thiophene rings is 1. The van der Waals surface area contributed by atoms with Gasteiger partial charge in [0.25, 0.3) is 0 Å². The van der Waals surface area contributed by atoms with Gasteiger partial charge in [0.05, 0.1) is 11.7 Å². The number of aliphatic hydroxyl groups is 1. The Labute approximate surface area is 102 Å². The summed E-state index contributed by atoms with van der Waals surface area (Å²) in [5.74, 6) is -0.346. The van der Waals surface area contributed by atoms with Gasteiger partial charge in [-0.25, -0.2) is 0 Å². The molecule has 98 valence electrons. The molecule has 3 N–H and O–H groups in total. The van der Waals surface area contributed by atoms with Crippen molar-refractivity contribution in [2.75, 3.05) is 6.54 Å². The Morgan fingerprint density at radius 2 is 1.94 bits per heavy atom. The van der Waals surface area contributed by atoms with Crippen LogP contribution in [0, 0.1) is 11.8 Å². The zero-order chi connectivity index (χ0) is 13.2. The van der Waals surface area contributed by atoms with E-state index in [0.29, 0.717) is 0 Å². The molecule has 0 radical (unpaired) electrons. The summed E-state index contributed by atoms with van der Waals surface area (Å²) in [6.07, 6.45) is -5.59. The maximum Gasteiger partial charge on any atom is 0.417 e. The first-order chi connectivity index (χ1) is 7.79. The lowest BCUT2D eigenvalue weighted by atomic mass is 9.86. The molecule has 6 heteroatoms. The number of alkyl halides is 3. The van der Waals surface area contributed by atoms with Gasteiger partial charge in [-0.05, 0) is 17.8 Å². The Morgan fingerprint density at radius 1 is 1.35 bits per heavy atom. The summed E-state index contributed by atoms with van der Waals surface area (Å²) in [5.41, 5.74) is 4.68. The third-order valence-electron chi connectivity index (χ3n) is 2.85. The molecule has 0 spiro atoms. The number of rotatable bonds is 4. The lowest BCUT2D eigenvalue weighted by Crippen LogP contribution is -2.27. The predicted molar refractivity (Wildman–Crippen MR) is 61.7 cm³/mol. The minimum absolute atomic E-state index is 0.0241. The monoisotopic (exact) mass is 267 g/mol. The Morgan fingerprint density at radius 3 is 2.35 bits per heavy atom. The Bertz CT molecular complexity index is 362. The van der Waals surface area contributed by atoms with Crippen LogP contribution in [0.1, 0.15) is 31.1 Å². The molecule has 0 saturated heterocycles. The molecular formula is C11H16F3NOS. The minimum Gasteiger partial charge on any atom is -0.388 e. The van der Waals surface area contributed by atoms with E-state index in [-0.39, 0.29) is 23.9 Å². The molecule has 0 aromatic carbocycles. The van der Waals surface area contributed by atoms with Crippen LogP contribution in [0.5, 0.6) is 0 Å². The predicted octanol–water partition coefficient (Wildman–Crippen LogP) is 3.03. The van der Waals surface area contributed by atoms with Gasteiger partial charge in [0.1, 0.15) is 0 Å². The van der Waals surface area contributed by atoms with Gasteiger partial charge in [0.2, 0.25) is 0 Å². The van der Waals surface area contributed by atoms with E-state index in [2.05, 4.69) is 0 Å². The van der Waals surface area contributed by atoms with Gasteiger partial charge in [0.15, 0.2) is 0 Å². The van der Waals surface area contributed by atoms with E-state index >= 15 is 0 Å². The van der Waals surface area contributed by atoms with Gasteiger partial charge in [-0.15, -0.1) is 0 Å². The van der Waals surface area contributed by atoms with Crippen LogP contribution in [-0.4, -0.2) is 11.7 Å². The molecule has 0 bridgehead atoms. The van der Waals surface area contributed by atoms with Crippen molar-refractivity contribution in [3.05, 3.63) is 21.9 Å². The second kappa shape index (κ2) is 5.37. The fourth-order valence-corrected chi connectivity index (χ4v) is 2.65. The summed E-state index contributed by atoms with van der Waals surface area (Å²) in [6.45, 7) is 3.83. The third-order valence-corrected chi connectivity index (χ3v) is 3.61. The highest BCUT2D eigenvalue weighted by Gasteiger charge is 2.37. The summed E-state index contributed by atoms with van der Waals surface area (Å²) in [7, 11) is 0. The van der Waals surface area contributed by atoms with Gasteiger partial charge < -0.3 is 10.8 Å². The van der Waals surface area contributed by atoms with Crippen LogP contribution in [0.3, 0.4) is 0 Å². The molecule has 0 aliphatic heterocycles. The molecule has 1 rings (SSSR count). The van der Waals surface area contributed by atoms with Crippen molar-refractivity contribution in [2.24, 2.45) is 17.6 Å². The fraction of sp³-hybridized carbons (Fsp3) is 0.636. The van der Waals surface area contributed by atoms with E-state index in [1.165, 1.54) is 5.38 Å². The van der Waals surface area contributed by atoms with Crippen molar-refractivity contribution in [1.29, 1.82) is 0 Å². The molecule has 2 nitrogen and oxygen atoms in total. The lowest BCUT2D eigenvalue weighted by Gasteiger charge is -2.25. The van der Waals surface area contributed by atoms with Crippen molar-refractivity contribution in [1.82, 2.24) is 0 Å². The van der Waals surface area contributed by atoms with E-state index in [0.717, 1.165) is 16.7 Å². The van der Waals surface area contributed by atoms with E-state index in [1.54, 1.807) is 0 Å². The standard InChI is InChI=1S/C11H16F3NOS/c1-6(2)7(3-15)10(16)8-4-17-5-9(8)11(12,13)14/h4-7,10,16H,3,15H2,1-2H3. The van der Waals surface area contributed by atoms with Crippen LogP contribution in [0.4, 0.5) is 13.2 Å². The molecule has 0 amide bonds. The Balaban J connectivity index is 3.04. The van der Waals surface area contributed by atoms with Crippen LogP contribution in [0.2, 0.25) is 0 Å².